The van der Waals surface area contributed by atoms with Crippen LogP contribution in [0.5, 0.6) is 5.75 Å². The van der Waals surface area contributed by atoms with Gasteiger partial charge in [-0.3, -0.25) is 9.59 Å². The molecule has 1 unspecified atom stereocenters. The zero-order chi connectivity index (χ0) is 22.5. The van der Waals surface area contributed by atoms with Crippen LogP contribution >= 0.6 is 15.9 Å². The average molecular weight is 485 g/mol. The quantitative estimate of drug-likeness (QED) is 0.266. The van der Waals surface area contributed by atoms with Crippen LogP contribution < -0.4 is 14.7 Å². The topological polar surface area (TPSA) is 74.1 Å². The Balaban J connectivity index is 2.05. The lowest BCUT2D eigenvalue weighted by atomic mass is 9.95. The highest BCUT2D eigenvalue weighted by atomic mass is 79.9. The number of carbonyl (C=O) groups is 2. The number of likely N-dealkylation sites (N-methyl/N-ethyl adjacent to an activating group) is 1. The number of likely N-dealkylation sites (tertiary alicyclic amines) is 1. The molecule has 1 aliphatic heterocycles. The highest BCUT2D eigenvalue weighted by molar-refractivity contribution is 9.10. The predicted octanol–water partition coefficient (Wildman–Crippen LogP) is 1.38. The van der Waals surface area contributed by atoms with Crippen molar-refractivity contribution in [2.45, 2.75) is 6.04 Å². The summed E-state index contributed by atoms with van der Waals surface area (Å²) < 4.78 is 6.33. The van der Waals surface area contributed by atoms with Gasteiger partial charge in [-0.2, -0.15) is 0 Å². The molecule has 1 amide bonds. The van der Waals surface area contributed by atoms with E-state index in [2.05, 4.69) is 22.5 Å². The molecule has 1 atom stereocenters. The molecule has 3 rings (SSSR count). The summed E-state index contributed by atoms with van der Waals surface area (Å²) in [5.74, 6) is -1.22. The molecule has 1 aliphatic rings. The first-order valence-corrected chi connectivity index (χ1v) is 10.8. The van der Waals surface area contributed by atoms with Crippen molar-refractivity contribution in [3.05, 3.63) is 82.4 Å². The lowest BCUT2D eigenvalue weighted by Crippen LogP contribution is -3.06. The normalized spacial score (nSPS) is 17.9. The second-order valence-electron chi connectivity index (χ2n) is 7.61. The molecular formula is C24H25BrN2O4. The third-order valence-electron chi connectivity index (χ3n) is 5.05. The van der Waals surface area contributed by atoms with Crippen LogP contribution in [-0.4, -0.2) is 50.4 Å². The van der Waals surface area contributed by atoms with Crippen molar-refractivity contribution < 1.29 is 24.3 Å². The number of Topliss-reactive ketones (excluding diaryl/α,β-unsaturated/α-hetero) is 1. The van der Waals surface area contributed by atoms with E-state index in [4.69, 9.17) is 4.74 Å². The minimum atomic E-state index is -0.737. The number of halogens is 1. The van der Waals surface area contributed by atoms with E-state index >= 15 is 0 Å². The average Bonchev–Trinajstić information content (AvgIpc) is 3.01. The van der Waals surface area contributed by atoms with Crippen molar-refractivity contribution in [1.29, 1.82) is 0 Å². The molecule has 0 bridgehead atoms. The maximum atomic E-state index is 13.4. The van der Waals surface area contributed by atoms with E-state index in [9.17, 15) is 14.7 Å². The van der Waals surface area contributed by atoms with E-state index in [0.717, 1.165) is 14.9 Å². The molecule has 0 aliphatic carbocycles. The number of nitrogens with zero attached hydrogens (tertiary/aromatic N) is 1. The third kappa shape index (κ3) is 5.06. The fraction of sp³-hybridized carbons (Fsp3) is 0.250. The molecule has 1 saturated heterocycles. The molecule has 7 heteroatoms. The third-order valence-corrected chi connectivity index (χ3v) is 5.58. The van der Waals surface area contributed by atoms with Gasteiger partial charge in [0.15, 0.2) is 0 Å². The van der Waals surface area contributed by atoms with Gasteiger partial charge in [-0.15, -0.1) is 0 Å². The molecule has 0 radical (unpaired) electrons. The Morgan fingerprint density at radius 3 is 2.39 bits per heavy atom. The van der Waals surface area contributed by atoms with E-state index in [-0.39, 0.29) is 5.57 Å². The van der Waals surface area contributed by atoms with E-state index in [1.807, 2.05) is 38.4 Å². The summed E-state index contributed by atoms with van der Waals surface area (Å²) in [6, 6.07) is 13.2. The number of hydrogen-bond acceptors (Lipinski definition) is 4. The first kappa shape index (κ1) is 22.8. The number of ketones is 1. The van der Waals surface area contributed by atoms with Gasteiger partial charge in [0.1, 0.15) is 12.4 Å². The number of benzene rings is 2. The molecule has 6 nitrogen and oxygen atoms in total. The summed E-state index contributed by atoms with van der Waals surface area (Å²) in [4.78, 5) is 28.4. The molecule has 1 fully saturated rings. The number of hydrogen-bond donors (Lipinski definition) is 1. The first-order valence-electron chi connectivity index (χ1n) is 9.98. The highest BCUT2D eigenvalue weighted by Gasteiger charge is 2.44. The molecule has 0 saturated carbocycles. The second kappa shape index (κ2) is 9.94. The molecular weight excluding hydrogens is 460 g/mol. The van der Waals surface area contributed by atoms with Gasteiger partial charge in [0, 0.05) is 10.0 Å². The number of quaternary nitrogens is 1. The van der Waals surface area contributed by atoms with Crippen LogP contribution in [0.4, 0.5) is 0 Å². The highest BCUT2D eigenvalue weighted by Crippen LogP contribution is 2.38. The lowest BCUT2D eigenvalue weighted by molar-refractivity contribution is -0.857. The van der Waals surface area contributed by atoms with Crippen molar-refractivity contribution in [3.8, 4) is 5.75 Å². The minimum Gasteiger partial charge on any atom is -0.872 e. The smallest absolute Gasteiger partial charge is 0.295 e. The van der Waals surface area contributed by atoms with Crippen molar-refractivity contribution in [2.75, 3.05) is 33.8 Å². The SMILES string of the molecule is C=CCOc1ccc(C([O-])=C2C(=O)C(=O)N(CC[NH+](C)C)C2c2ccc(Br)cc2)cc1. The second-order valence-corrected chi connectivity index (χ2v) is 8.52. The fourth-order valence-corrected chi connectivity index (χ4v) is 3.71. The number of ether oxygens (including phenoxy) is 1. The van der Waals surface area contributed by atoms with Gasteiger partial charge in [0.25, 0.3) is 5.91 Å². The van der Waals surface area contributed by atoms with Gasteiger partial charge >= 0.3 is 0 Å². The zero-order valence-corrected chi connectivity index (χ0v) is 19.1. The minimum absolute atomic E-state index is 0.0131. The van der Waals surface area contributed by atoms with Crippen LogP contribution in [0.15, 0.2) is 71.2 Å². The summed E-state index contributed by atoms with van der Waals surface area (Å²) in [6.07, 6.45) is 1.63. The van der Waals surface area contributed by atoms with E-state index < -0.39 is 23.5 Å². The largest absolute Gasteiger partial charge is 0.872 e. The van der Waals surface area contributed by atoms with Gasteiger partial charge < -0.3 is 19.6 Å². The number of amides is 1. The Bertz CT molecular complexity index is 997. The Morgan fingerprint density at radius 1 is 1.16 bits per heavy atom. The van der Waals surface area contributed by atoms with Crippen LogP contribution in [0.3, 0.4) is 0 Å². The van der Waals surface area contributed by atoms with Gasteiger partial charge in [-0.1, -0.05) is 58.6 Å². The molecule has 2 aromatic carbocycles. The molecule has 1 heterocycles. The van der Waals surface area contributed by atoms with Crippen LogP contribution in [0, 0.1) is 0 Å². The molecule has 162 valence electrons. The summed E-state index contributed by atoms with van der Waals surface area (Å²) in [5, 5.41) is 13.4. The lowest BCUT2D eigenvalue weighted by Gasteiger charge is -2.27. The van der Waals surface area contributed by atoms with Crippen LogP contribution in [-0.2, 0) is 9.59 Å². The summed E-state index contributed by atoms with van der Waals surface area (Å²) in [7, 11) is 3.95. The van der Waals surface area contributed by atoms with Crippen molar-refractivity contribution >= 4 is 33.4 Å². The first-order chi connectivity index (χ1) is 14.8. The molecule has 31 heavy (non-hydrogen) atoms. The molecule has 1 N–H and O–H groups in total. The predicted molar refractivity (Wildman–Crippen MR) is 120 cm³/mol. The molecule has 0 aromatic heterocycles. The Hall–Kier alpha value is -2.90. The summed E-state index contributed by atoms with van der Waals surface area (Å²) in [6.45, 7) is 4.99. The number of rotatable bonds is 8. The van der Waals surface area contributed by atoms with Gasteiger partial charge in [0.05, 0.1) is 33.2 Å². The van der Waals surface area contributed by atoms with Crippen LogP contribution in [0.2, 0.25) is 0 Å². The van der Waals surface area contributed by atoms with Crippen molar-refractivity contribution in [1.82, 2.24) is 4.90 Å². The maximum Gasteiger partial charge on any atom is 0.295 e. The Kier molecular flexibility index (Phi) is 7.30. The van der Waals surface area contributed by atoms with Gasteiger partial charge in [-0.25, -0.2) is 0 Å². The number of carbonyl (C=O) groups excluding carboxylic acids is 2. The Labute approximate surface area is 190 Å². The van der Waals surface area contributed by atoms with E-state index in [1.165, 1.54) is 4.90 Å². The summed E-state index contributed by atoms with van der Waals surface area (Å²) in [5.41, 5.74) is 1.05. The van der Waals surface area contributed by atoms with Gasteiger partial charge in [-0.05, 0) is 35.4 Å². The Morgan fingerprint density at radius 2 is 1.81 bits per heavy atom. The van der Waals surface area contributed by atoms with Crippen molar-refractivity contribution in [3.63, 3.8) is 0 Å². The maximum absolute atomic E-state index is 13.4. The molecule has 0 spiro atoms. The van der Waals surface area contributed by atoms with Crippen molar-refractivity contribution in [2.24, 2.45) is 0 Å². The monoisotopic (exact) mass is 484 g/mol. The fourth-order valence-electron chi connectivity index (χ4n) is 3.45. The summed E-state index contributed by atoms with van der Waals surface area (Å²) >= 11 is 3.41. The standard InChI is InChI=1S/C24H25BrN2O4/c1-4-15-31-19-11-7-17(8-12-19)22(28)20-21(16-5-9-18(25)10-6-16)27(14-13-26(2)3)24(30)23(20)29/h4-12,21,28H,1,13-15H2,2-3H3. The zero-order valence-electron chi connectivity index (χ0n) is 17.6. The number of nitrogens with one attached hydrogen (secondary N) is 1. The van der Waals surface area contributed by atoms with E-state index in [1.54, 1.807) is 30.3 Å². The van der Waals surface area contributed by atoms with Crippen LogP contribution in [0.1, 0.15) is 17.2 Å². The van der Waals surface area contributed by atoms with Crippen LogP contribution in [0.25, 0.3) is 5.76 Å². The molecule has 2 aromatic rings. The van der Waals surface area contributed by atoms with Gasteiger partial charge in [0.2, 0.25) is 5.78 Å². The van der Waals surface area contributed by atoms with E-state index in [0.29, 0.717) is 31.0 Å².